The highest BCUT2D eigenvalue weighted by atomic mass is 16.2. The number of fused-ring (bicyclic) bond motifs is 1. The van der Waals surface area contributed by atoms with Gasteiger partial charge in [0.2, 0.25) is 0 Å². The zero-order valence-corrected chi connectivity index (χ0v) is 12.2. The van der Waals surface area contributed by atoms with Crippen LogP contribution in [0.25, 0.3) is 0 Å². The van der Waals surface area contributed by atoms with Crippen LogP contribution in [0.3, 0.4) is 0 Å². The lowest BCUT2D eigenvalue weighted by Gasteiger charge is -2.27. The fourth-order valence-electron chi connectivity index (χ4n) is 2.82. The Kier molecular flexibility index (Phi) is 4.59. The zero-order chi connectivity index (χ0) is 13.8. The van der Waals surface area contributed by atoms with Gasteiger partial charge in [0.05, 0.1) is 0 Å². The SMILES string of the molecule is CCC(CC)N(C)C(=O)c1ccc2c(c1)CNCC2. The molecule has 3 heteroatoms. The van der Waals surface area contributed by atoms with Crippen LogP contribution in [0, 0.1) is 0 Å². The summed E-state index contributed by atoms with van der Waals surface area (Å²) in [6.07, 6.45) is 3.07. The van der Waals surface area contributed by atoms with Crippen LogP contribution in [0.2, 0.25) is 0 Å². The third-order valence-corrected chi connectivity index (χ3v) is 4.15. The Labute approximate surface area is 116 Å². The van der Waals surface area contributed by atoms with E-state index in [9.17, 15) is 4.79 Å². The maximum atomic E-state index is 12.5. The number of benzene rings is 1. The summed E-state index contributed by atoms with van der Waals surface area (Å²) in [5.74, 6) is 0.141. The molecule has 1 aromatic rings. The second kappa shape index (κ2) is 6.20. The summed E-state index contributed by atoms with van der Waals surface area (Å²) in [5, 5.41) is 3.36. The highest BCUT2D eigenvalue weighted by Crippen LogP contribution is 2.18. The highest BCUT2D eigenvalue weighted by molar-refractivity contribution is 5.94. The van der Waals surface area contributed by atoms with E-state index in [1.807, 2.05) is 18.0 Å². The van der Waals surface area contributed by atoms with Gasteiger partial charge in [-0.1, -0.05) is 19.9 Å². The van der Waals surface area contributed by atoms with Gasteiger partial charge >= 0.3 is 0 Å². The first-order chi connectivity index (χ1) is 9.17. The van der Waals surface area contributed by atoms with E-state index in [0.717, 1.165) is 37.9 Å². The number of nitrogens with one attached hydrogen (secondary N) is 1. The Morgan fingerprint density at radius 2 is 2.05 bits per heavy atom. The Morgan fingerprint density at radius 1 is 1.32 bits per heavy atom. The van der Waals surface area contributed by atoms with Crippen molar-refractivity contribution >= 4 is 5.91 Å². The summed E-state index contributed by atoms with van der Waals surface area (Å²) in [6.45, 7) is 6.18. The van der Waals surface area contributed by atoms with Crippen LogP contribution in [0.1, 0.15) is 48.2 Å². The number of rotatable bonds is 4. The molecular formula is C16H24N2O. The molecule has 1 aromatic carbocycles. The molecule has 0 atom stereocenters. The zero-order valence-electron chi connectivity index (χ0n) is 12.2. The Balaban J connectivity index is 2.19. The van der Waals surface area contributed by atoms with E-state index < -0.39 is 0 Å². The van der Waals surface area contributed by atoms with Gasteiger partial charge in [0, 0.05) is 25.2 Å². The van der Waals surface area contributed by atoms with Gasteiger partial charge in [-0.25, -0.2) is 0 Å². The quantitative estimate of drug-likeness (QED) is 0.902. The molecule has 0 aliphatic carbocycles. The number of amides is 1. The van der Waals surface area contributed by atoms with Crippen LogP contribution in [-0.2, 0) is 13.0 Å². The minimum atomic E-state index is 0.141. The van der Waals surface area contributed by atoms with E-state index in [1.165, 1.54) is 11.1 Å². The fraction of sp³-hybridized carbons (Fsp3) is 0.562. The molecule has 19 heavy (non-hydrogen) atoms. The van der Waals surface area contributed by atoms with E-state index in [-0.39, 0.29) is 5.91 Å². The van der Waals surface area contributed by atoms with Crippen LogP contribution in [-0.4, -0.2) is 30.4 Å². The third kappa shape index (κ3) is 2.98. The number of hydrogen-bond acceptors (Lipinski definition) is 2. The summed E-state index contributed by atoms with van der Waals surface area (Å²) in [7, 11) is 1.91. The Bertz CT molecular complexity index is 452. The van der Waals surface area contributed by atoms with Crippen LogP contribution in [0.4, 0.5) is 0 Å². The average molecular weight is 260 g/mol. The predicted molar refractivity (Wildman–Crippen MR) is 78.3 cm³/mol. The minimum Gasteiger partial charge on any atom is -0.339 e. The van der Waals surface area contributed by atoms with Crippen LogP contribution in [0.5, 0.6) is 0 Å². The Hall–Kier alpha value is -1.35. The molecule has 104 valence electrons. The topological polar surface area (TPSA) is 32.3 Å². The lowest BCUT2D eigenvalue weighted by atomic mass is 9.98. The van der Waals surface area contributed by atoms with Gasteiger partial charge in [-0.15, -0.1) is 0 Å². The summed E-state index contributed by atoms with van der Waals surface area (Å²) in [5.41, 5.74) is 3.47. The molecule has 0 saturated heterocycles. The molecule has 0 aromatic heterocycles. The molecule has 3 nitrogen and oxygen atoms in total. The maximum Gasteiger partial charge on any atom is 0.253 e. The molecule has 0 saturated carbocycles. The molecule has 0 radical (unpaired) electrons. The first-order valence-corrected chi connectivity index (χ1v) is 7.27. The van der Waals surface area contributed by atoms with Gasteiger partial charge in [0.15, 0.2) is 0 Å². The minimum absolute atomic E-state index is 0.141. The molecule has 1 aliphatic rings. The van der Waals surface area contributed by atoms with Crippen molar-refractivity contribution in [1.82, 2.24) is 10.2 Å². The van der Waals surface area contributed by atoms with E-state index in [0.29, 0.717) is 6.04 Å². The van der Waals surface area contributed by atoms with Crippen LogP contribution < -0.4 is 5.32 Å². The molecule has 0 unspecified atom stereocenters. The lowest BCUT2D eigenvalue weighted by molar-refractivity contribution is 0.0723. The second-order valence-corrected chi connectivity index (χ2v) is 5.30. The van der Waals surface area contributed by atoms with Gasteiger partial charge in [-0.2, -0.15) is 0 Å². The van der Waals surface area contributed by atoms with Crippen molar-refractivity contribution in [2.45, 2.75) is 45.7 Å². The lowest BCUT2D eigenvalue weighted by Crippen LogP contribution is -2.36. The largest absolute Gasteiger partial charge is 0.339 e. The highest BCUT2D eigenvalue weighted by Gasteiger charge is 2.19. The van der Waals surface area contributed by atoms with Crippen molar-refractivity contribution < 1.29 is 4.79 Å². The van der Waals surface area contributed by atoms with Gasteiger partial charge < -0.3 is 10.2 Å². The molecule has 1 heterocycles. The van der Waals surface area contributed by atoms with Gasteiger partial charge in [-0.05, 0) is 49.1 Å². The van der Waals surface area contributed by atoms with Crippen LogP contribution in [0.15, 0.2) is 18.2 Å². The maximum absolute atomic E-state index is 12.5. The van der Waals surface area contributed by atoms with Gasteiger partial charge in [0.1, 0.15) is 0 Å². The van der Waals surface area contributed by atoms with E-state index in [1.54, 1.807) is 0 Å². The van der Waals surface area contributed by atoms with Gasteiger partial charge in [-0.3, -0.25) is 4.79 Å². The summed E-state index contributed by atoms with van der Waals surface area (Å²) >= 11 is 0. The van der Waals surface area contributed by atoms with Crippen molar-refractivity contribution in [2.75, 3.05) is 13.6 Å². The molecule has 0 bridgehead atoms. The first-order valence-electron chi connectivity index (χ1n) is 7.27. The molecular weight excluding hydrogens is 236 g/mol. The van der Waals surface area contributed by atoms with E-state index in [2.05, 4.69) is 31.3 Å². The Morgan fingerprint density at radius 3 is 2.74 bits per heavy atom. The smallest absolute Gasteiger partial charge is 0.253 e. The molecule has 0 spiro atoms. The third-order valence-electron chi connectivity index (χ3n) is 4.15. The standard InChI is InChI=1S/C16H24N2O/c1-4-15(5-2)18(3)16(19)13-7-6-12-8-9-17-11-14(12)10-13/h6-7,10,15,17H,4-5,8-9,11H2,1-3H3. The normalized spacial score (nSPS) is 14.3. The van der Waals surface area contributed by atoms with E-state index >= 15 is 0 Å². The molecule has 1 N–H and O–H groups in total. The number of carbonyl (C=O) groups excluding carboxylic acids is 1. The van der Waals surface area contributed by atoms with Crippen molar-refractivity contribution in [1.29, 1.82) is 0 Å². The van der Waals surface area contributed by atoms with Crippen molar-refractivity contribution in [2.24, 2.45) is 0 Å². The predicted octanol–water partition coefficient (Wildman–Crippen LogP) is 2.59. The fourth-order valence-corrected chi connectivity index (χ4v) is 2.82. The number of hydrogen-bond donors (Lipinski definition) is 1. The monoisotopic (exact) mass is 260 g/mol. The molecule has 1 aliphatic heterocycles. The molecule has 2 rings (SSSR count). The summed E-state index contributed by atoms with van der Waals surface area (Å²) in [6, 6.07) is 6.49. The summed E-state index contributed by atoms with van der Waals surface area (Å²) in [4.78, 5) is 14.4. The van der Waals surface area contributed by atoms with Crippen LogP contribution >= 0.6 is 0 Å². The molecule has 1 amide bonds. The van der Waals surface area contributed by atoms with Crippen molar-refractivity contribution in [3.63, 3.8) is 0 Å². The number of carbonyl (C=O) groups is 1. The molecule has 0 fully saturated rings. The number of nitrogens with zero attached hydrogens (tertiary/aromatic N) is 1. The average Bonchev–Trinajstić information content (AvgIpc) is 2.47. The van der Waals surface area contributed by atoms with E-state index in [4.69, 9.17) is 0 Å². The van der Waals surface area contributed by atoms with Crippen molar-refractivity contribution in [3.05, 3.63) is 34.9 Å². The van der Waals surface area contributed by atoms with Crippen molar-refractivity contribution in [3.8, 4) is 0 Å². The first kappa shape index (κ1) is 14.1. The summed E-state index contributed by atoms with van der Waals surface area (Å²) < 4.78 is 0. The van der Waals surface area contributed by atoms with Gasteiger partial charge in [0.25, 0.3) is 5.91 Å². The second-order valence-electron chi connectivity index (χ2n) is 5.30.